The molecule has 116 valence electrons. The van der Waals surface area contributed by atoms with E-state index in [1.807, 2.05) is 6.07 Å². The van der Waals surface area contributed by atoms with Gasteiger partial charge in [0.25, 0.3) is 0 Å². The fourth-order valence-electron chi connectivity index (χ4n) is 3.70. The van der Waals surface area contributed by atoms with Crippen LogP contribution in [0.2, 0.25) is 0 Å². The molecule has 1 unspecified atom stereocenters. The zero-order valence-electron chi connectivity index (χ0n) is 12.7. The topological polar surface area (TPSA) is 32.5 Å². The number of rotatable bonds is 4. The second kappa shape index (κ2) is 6.86. The third-order valence-electron chi connectivity index (χ3n) is 4.98. The van der Waals surface area contributed by atoms with Crippen LogP contribution in [0, 0.1) is 5.82 Å². The van der Waals surface area contributed by atoms with Crippen LogP contribution in [0.25, 0.3) is 0 Å². The van der Waals surface area contributed by atoms with Crippen molar-refractivity contribution in [3.63, 3.8) is 0 Å². The number of halogens is 1. The van der Waals surface area contributed by atoms with Crippen molar-refractivity contribution in [3.05, 3.63) is 35.6 Å². The smallest absolute Gasteiger partial charge is 0.123 e. The Morgan fingerprint density at radius 2 is 1.86 bits per heavy atom. The molecule has 3 nitrogen and oxygen atoms in total. The quantitative estimate of drug-likeness (QED) is 0.924. The van der Waals surface area contributed by atoms with Crippen LogP contribution in [0.3, 0.4) is 0 Å². The molecular formula is C17H26FN3. The summed E-state index contributed by atoms with van der Waals surface area (Å²) in [4.78, 5) is 5.07. The summed E-state index contributed by atoms with van der Waals surface area (Å²) >= 11 is 0. The first-order valence-corrected chi connectivity index (χ1v) is 8.20. The molecule has 0 bridgehead atoms. The average molecular weight is 291 g/mol. The minimum Gasteiger partial charge on any atom is -0.323 e. The molecule has 0 amide bonds. The average Bonchev–Trinajstić information content (AvgIpc) is 3.02. The second-order valence-electron chi connectivity index (χ2n) is 6.44. The van der Waals surface area contributed by atoms with Crippen LogP contribution in [0.15, 0.2) is 24.3 Å². The van der Waals surface area contributed by atoms with Crippen molar-refractivity contribution in [2.45, 2.75) is 37.8 Å². The van der Waals surface area contributed by atoms with E-state index in [4.69, 9.17) is 5.73 Å². The van der Waals surface area contributed by atoms with Gasteiger partial charge in [0.05, 0.1) is 0 Å². The summed E-state index contributed by atoms with van der Waals surface area (Å²) in [7, 11) is 0. The molecule has 1 aromatic rings. The molecule has 4 heteroatoms. The summed E-state index contributed by atoms with van der Waals surface area (Å²) in [6.45, 7) is 5.29. The molecule has 1 saturated heterocycles. The highest BCUT2D eigenvalue weighted by molar-refractivity contribution is 5.20. The Hall–Kier alpha value is -0.970. The molecule has 2 N–H and O–H groups in total. The van der Waals surface area contributed by atoms with Crippen molar-refractivity contribution < 1.29 is 4.39 Å². The molecule has 2 fully saturated rings. The Morgan fingerprint density at radius 3 is 2.52 bits per heavy atom. The van der Waals surface area contributed by atoms with Crippen molar-refractivity contribution in [3.8, 4) is 0 Å². The Kier molecular flexibility index (Phi) is 4.88. The summed E-state index contributed by atoms with van der Waals surface area (Å²) in [5.41, 5.74) is 7.13. The van der Waals surface area contributed by atoms with E-state index in [9.17, 15) is 4.39 Å². The van der Waals surface area contributed by atoms with E-state index >= 15 is 0 Å². The van der Waals surface area contributed by atoms with Crippen molar-refractivity contribution in [1.29, 1.82) is 0 Å². The fourth-order valence-corrected chi connectivity index (χ4v) is 3.70. The van der Waals surface area contributed by atoms with Gasteiger partial charge in [-0.25, -0.2) is 4.39 Å². The number of hydrogen-bond acceptors (Lipinski definition) is 3. The summed E-state index contributed by atoms with van der Waals surface area (Å²) < 4.78 is 13.3. The minimum atomic E-state index is -0.200. The molecule has 1 aromatic carbocycles. The lowest BCUT2D eigenvalue weighted by Crippen LogP contribution is -2.50. The predicted molar refractivity (Wildman–Crippen MR) is 83.6 cm³/mol. The van der Waals surface area contributed by atoms with E-state index in [1.54, 1.807) is 12.1 Å². The summed E-state index contributed by atoms with van der Waals surface area (Å²) in [6, 6.07) is 7.41. The molecular weight excluding hydrogens is 265 g/mol. The molecule has 1 heterocycles. The number of benzene rings is 1. The maximum Gasteiger partial charge on any atom is 0.123 e. The number of nitrogens with zero attached hydrogens (tertiary/aromatic N) is 2. The zero-order valence-corrected chi connectivity index (χ0v) is 12.7. The number of nitrogens with two attached hydrogens (primary N) is 1. The van der Waals surface area contributed by atoms with Gasteiger partial charge in [-0.15, -0.1) is 0 Å². The van der Waals surface area contributed by atoms with Crippen LogP contribution in [0.5, 0.6) is 0 Å². The van der Waals surface area contributed by atoms with Gasteiger partial charge in [0.1, 0.15) is 5.82 Å². The largest absolute Gasteiger partial charge is 0.323 e. The first-order chi connectivity index (χ1) is 10.2. The SMILES string of the molecule is NC(CN1CCN(C2CCCC2)CC1)c1cccc(F)c1. The normalized spacial score (nSPS) is 23.5. The first-order valence-electron chi connectivity index (χ1n) is 8.20. The third kappa shape index (κ3) is 3.82. The lowest BCUT2D eigenvalue weighted by atomic mass is 10.1. The molecule has 1 aliphatic carbocycles. The van der Waals surface area contributed by atoms with Crippen LogP contribution >= 0.6 is 0 Å². The van der Waals surface area contributed by atoms with Gasteiger partial charge in [-0.2, -0.15) is 0 Å². The molecule has 2 aliphatic rings. The van der Waals surface area contributed by atoms with Gasteiger partial charge in [-0.05, 0) is 30.5 Å². The number of piperazine rings is 1. The van der Waals surface area contributed by atoms with Crippen LogP contribution in [-0.2, 0) is 0 Å². The fraction of sp³-hybridized carbons (Fsp3) is 0.647. The van der Waals surface area contributed by atoms with Crippen molar-refractivity contribution >= 4 is 0 Å². The molecule has 1 saturated carbocycles. The zero-order chi connectivity index (χ0) is 14.7. The van der Waals surface area contributed by atoms with Gasteiger partial charge in [0.2, 0.25) is 0 Å². The summed E-state index contributed by atoms with van der Waals surface area (Å²) in [5.74, 6) is -0.200. The van der Waals surface area contributed by atoms with Gasteiger partial charge in [0.15, 0.2) is 0 Å². The van der Waals surface area contributed by atoms with E-state index in [0.717, 1.165) is 44.3 Å². The van der Waals surface area contributed by atoms with Crippen molar-refractivity contribution in [1.82, 2.24) is 9.80 Å². The Balaban J connectivity index is 1.48. The lowest BCUT2D eigenvalue weighted by molar-refractivity contribution is 0.0941. The van der Waals surface area contributed by atoms with Crippen molar-refractivity contribution in [2.75, 3.05) is 32.7 Å². The highest BCUT2D eigenvalue weighted by Crippen LogP contribution is 2.24. The lowest BCUT2D eigenvalue weighted by Gasteiger charge is -2.38. The second-order valence-corrected chi connectivity index (χ2v) is 6.44. The third-order valence-corrected chi connectivity index (χ3v) is 4.98. The summed E-state index contributed by atoms with van der Waals surface area (Å²) in [6.07, 6.45) is 5.55. The van der Waals surface area contributed by atoms with Gasteiger partial charge >= 0.3 is 0 Å². The molecule has 1 atom stereocenters. The molecule has 1 aliphatic heterocycles. The monoisotopic (exact) mass is 291 g/mol. The maximum atomic E-state index is 13.3. The molecule has 0 spiro atoms. The highest BCUT2D eigenvalue weighted by Gasteiger charge is 2.26. The van der Waals surface area contributed by atoms with E-state index < -0.39 is 0 Å². The molecule has 0 aromatic heterocycles. The standard InChI is InChI=1S/C17H26FN3/c18-15-5-3-4-14(12-15)17(19)13-20-8-10-21(11-9-20)16-6-1-2-7-16/h3-5,12,16-17H,1-2,6-11,13,19H2. The van der Waals surface area contributed by atoms with E-state index in [1.165, 1.54) is 31.7 Å². The van der Waals surface area contributed by atoms with Crippen LogP contribution < -0.4 is 5.73 Å². The first kappa shape index (κ1) is 14.9. The van der Waals surface area contributed by atoms with Crippen LogP contribution in [-0.4, -0.2) is 48.6 Å². The van der Waals surface area contributed by atoms with E-state index in [2.05, 4.69) is 9.80 Å². The Labute approximate surface area is 126 Å². The maximum absolute atomic E-state index is 13.3. The summed E-state index contributed by atoms with van der Waals surface area (Å²) in [5, 5.41) is 0. The van der Waals surface area contributed by atoms with Gasteiger partial charge in [-0.1, -0.05) is 25.0 Å². The van der Waals surface area contributed by atoms with Gasteiger partial charge < -0.3 is 5.73 Å². The molecule has 21 heavy (non-hydrogen) atoms. The molecule has 3 rings (SSSR count). The van der Waals surface area contributed by atoms with Crippen molar-refractivity contribution in [2.24, 2.45) is 5.73 Å². The Bertz CT molecular complexity index is 451. The van der Waals surface area contributed by atoms with Crippen LogP contribution in [0.1, 0.15) is 37.3 Å². The minimum absolute atomic E-state index is 0.0984. The van der Waals surface area contributed by atoms with E-state index in [-0.39, 0.29) is 11.9 Å². The van der Waals surface area contributed by atoms with E-state index in [0.29, 0.717) is 0 Å². The van der Waals surface area contributed by atoms with Gasteiger partial charge in [0, 0.05) is 44.8 Å². The van der Waals surface area contributed by atoms with Crippen LogP contribution in [0.4, 0.5) is 4.39 Å². The predicted octanol–water partition coefficient (Wildman–Crippen LogP) is 2.39. The highest BCUT2D eigenvalue weighted by atomic mass is 19.1. The number of hydrogen-bond donors (Lipinski definition) is 1. The van der Waals surface area contributed by atoms with Gasteiger partial charge in [-0.3, -0.25) is 9.80 Å². The molecule has 0 radical (unpaired) electrons. The Morgan fingerprint density at radius 1 is 1.14 bits per heavy atom.